The Morgan fingerprint density at radius 2 is 2.20 bits per heavy atom. The van der Waals surface area contributed by atoms with E-state index in [1.807, 2.05) is 12.1 Å². The minimum absolute atomic E-state index is 0.0702. The van der Waals surface area contributed by atoms with Gasteiger partial charge in [0.1, 0.15) is 12.4 Å². The Labute approximate surface area is 88.9 Å². The van der Waals surface area contributed by atoms with Crippen LogP contribution in [0.15, 0.2) is 24.3 Å². The summed E-state index contributed by atoms with van der Waals surface area (Å²) < 4.78 is 4.67. The first-order valence-electron chi connectivity index (χ1n) is 4.76. The highest BCUT2D eigenvalue weighted by Gasteiger charge is 2.01. The molecule has 4 heteroatoms. The van der Waals surface area contributed by atoms with Crippen molar-refractivity contribution in [3.05, 3.63) is 29.8 Å². The van der Waals surface area contributed by atoms with Crippen molar-refractivity contribution >= 4 is 5.91 Å². The average Bonchev–Trinajstić information content (AvgIpc) is 2.21. The summed E-state index contributed by atoms with van der Waals surface area (Å²) in [7, 11) is 1.47. The van der Waals surface area contributed by atoms with Crippen LogP contribution in [0.1, 0.15) is 5.56 Å². The second-order valence-corrected chi connectivity index (χ2v) is 3.16. The highest BCUT2D eigenvalue weighted by atomic mass is 16.5. The van der Waals surface area contributed by atoms with Crippen molar-refractivity contribution in [2.45, 2.75) is 6.42 Å². The van der Waals surface area contributed by atoms with Gasteiger partial charge in [0.15, 0.2) is 0 Å². The largest absolute Gasteiger partial charge is 0.508 e. The number of phenols is 1. The fourth-order valence-corrected chi connectivity index (χ4v) is 1.24. The van der Waals surface area contributed by atoms with Crippen molar-refractivity contribution in [1.82, 2.24) is 5.32 Å². The van der Waals surface area contributed by atoms with Crippen molar-refractivity contribution in [1.29, 1.82) is 0 Å². The molecule has 15 heavy (non-hydrogen) atoms. The van der Waals surface area contributed by atoms with Gasteiger partial charge in [-0.1, -0.05) is 18.2 Å². The summed E-state index contributed by atoms with van der Waals surface area (Å²) in [6.45, 7) is 0.570. The Morgan fingerprint density at radius 3 is 2.87 bits per heavy atom. The van der Waals surface area contributed by atoms with E-state index in [1.165, 1.54) is 7.11 Å². The molecule has 0 saturated heterocycles. The third-order valence-corrected chi connectivity index (χ3v) is 1.98. The quantitative estimate of drug-likeness (QED) is 0.750. The van der Waals surface area contributed by atoms with Gasteiger partial charge >= 0.3 is 0 Å². The number of rotatable bonds is 5. The Bertz CT molecular complexity index is 325. The molecule has 0 unspecified atom stereocenters. The van der Waals surface area contributed by atoms with E-state index in [0.29, 0.717) is 13.0 Å². The second-order valence-electron chi connectivity index (χ2n) is 3.16. The van der Waals surface area contributed by atoms with Gasteiger partial charge in [0.25, 0.3) is 0 Å². The summed E-state index contributed by atoms with van der Waals surface area (Å²) in [5.41, 5.74) is 0.829. The number of hydrogen-bond donors (Lipinski definition) is 2. The molecule has 1 amide bonds. The highest BCUT2D eigenvalue weighted by molar-refractivity contribution is 5.77. The van der Waals surface area contributed by atoms with E-state index in [9.17, 15) is 9.90 Å². The maximum atomic E-state index is 11.0. The smallest absolute Gasteiger partial charge is 0.245 e. The number of para-hydroxylation sites is 1. The minimum atomic E-state index is -0.145. The van der Waals surface area contributed by atoms with Crippen LogP contribution in [0.4, 0.5) is 0 Å². The van der Waals surface area contributed by atoms with Gasteiger partial charge < -0.3 is 15.2 Å². The Hall–Kier alpha value is -1.55. The van der Waals surface area contributed by atoms with Crippen LogP contribution in [-0.2, 0) is 16.0 Å². The van der Waals surface area contributed by atoms with E-state index in [2.05, 4.69) is 10.1 Å². The number of carbonyl (C=O) groups is 1. The van der Waals surface area contributed by atoms with Crippen LogP contribution in [-0.4, -0.2) is 31.3 Å². The van der Waals surface area contributed by atoms with Crippen molar-refractivity contribution in [3.63, 3.8) is 0 Å². The SMILES string of the molecule is COCC(=O)NCCc1ccccc1O. The summed E-state index contributed by atoms with van der Waals surface area (Å²) >= 11 is 0. The first kappa shape index (κ1) is 11.5. The molecular weight excluding hydrogens is 194 g/mol. The van der Waals surface area contributed by atoms with Gasteiger partial charge in [-0.15, -0.1) is 0 Å². The fraction of sp³-hybridized carbons (Fsp3) is 0.364. The summed E-state index contributed by atoms with van der Waals surface area (Å²) in [5, 5.41) is 12.1. The molecule has 0 aliphatic carbocycles. The van der Waals surface area contributed by atoms with Crippen molar-refractivity contribution in [2.75, 3.05) is 20.3 Å². The normalized spacial score (nSPS) is 9.93. The zero-order valence-corrected chi connectivity index (χ0v) is 8.69. The molecule has 0 atom stereocenters. The van der Waals surface area contributed by atoms with Gasteiger partial charge in [-0.05, 0) is 18.1 Å². The molecule has 1 rings (SSSR count). The summed E-state index contributed by atoms with van der Waals surface area (Å²) in [6.07, 6.45) is 0.613. The van der Waals surface area contributed by atoms with Gasteiger partial charge in [0.2, 0.25) is 5.91 Å². The van der Waals surface area contributed by atoms with Gasteiger partial charge in [0.05, 0.1) is 0 Å². The van der Waals surface area contributed by atoms with E-state index in [1.54, 1.807) is 12.1 Å². The summed E-state index contributed by atoms with van der Waals surface area (Å²) in [4.78, 5) is 11.0. The van der Waals surface area contributed by atoms with Gasteiger partial charge in [-0.2, -0.15) is 0 Å². The molecule has 0 saturated carbocycles. The maximum absolute atomic E-state index is 11.0. The van der Waals surface area contributed by atoms with Crippen molar-refractivity contribution < 1.29 is 14.6 Å². The predicted molar refractivity (Wildman–Crippen MR) is 56.7 cm³/mol. The lowest BCUT2D eigenvalue weighted by molar-refractivity contribution is -0.124. The topological polar surface area (TPSA) is 58.6 Å². The molecule has 0 radical (unpaired) electrons. The van der Waals surface area contributed by atoms with Crippen LogP contribution in [0.25, 0.3) is 0 Å². The van der Waals surface area contributed by atoms with Crippen LogP contribution < -0.4 is 5.32 Å². The summed E-state index contributed by atoms with van der Waals surface area (Å²) in [6, 6.07) is 7.08. The number of carbonyl (C=O) groups excluding carboxylic acids is 1. The molecule has 0 heterocycles. The van der Waals surface area contributed by atoms with Gasteiger partial charge in [-0.3, -0.25) is 4.79 Å². The number of benzene rings is 1. The molecule has 0 aromatic heterocycles. The second kappa shape index (κ2) is 6.03. The van der Waals surface area contributed by atoms with Crippen LogP contribution in [0, 0.1) is 0 Å². The molecule has 0 aliphatic rings. The van der Waals surface area contributed by atoms with E-state index in [-0.39, 0.29) is 18.3 Å². The number of aromatic hydroxyl groups is 1. The van der Waals surface area contributed by atoms with E-state index >= 15 is 0 Å². The molecule has 2 N–H and O–H groups in total. The monoisotopic (exact) mass is 209 g/mol. The molecule has 0 aliphatic heterocycles. The molecule has 1 aromatic rings. The van der Waals surface area contributed by atoms with E-state index in [4.69, 9.17) is 0 Å². The molecule has 1 aromatic carbocycles. The van der Waals surface area contributed by atoms with E-state index < -0.39 is 0 Å². The number of nitrogens with one attached hydrogen (secondary N) is 1. The lowest BCUT2D eigenvalue weighted by Gasteiger charge is -2.05. The van der Waals surface area contributed by atoms with Gasteiger partial charge in [-0.25, -0.2) is 0 Å². The standard InChI is InChI=1S/C11H15NO3/c1-15-8-11(14)12-7-6-9-4-2-3-5-10(9)13/h2-5,13H,6-8H2,1H3,(H,12,14). The first-order chi connectivity index (χ1) is 7.24. The minimum Gasteiger partial charge on any atom is -0.508 e. The predicted octanol–water partition coefficient (Wildman–Crippen LogP) is 0.697. The van der Waals surface area contributed by atoms with Crippen LogP contribution in [0.2, 0.25) is 0 Å². The number of ether oxygens (including phenoxy) is 1. The molecule has 4 nitrogen and oxygen atoms in total. The molecule has 0 spiro atoms. The number of amides is 1. The van der Waals surface area contributed by atoms with Crippen LogP contribution >= 0.6 is 0 Å². The van der Waals surface area contributed by atoms with E-state index in [0.717, 1.165) is 5.56 Å². The zero-order chi connectivity index (χ0) is 11.1. The van der Waals surface area contributed by atoms with Crippen molar-refractivity contribution in [2.24, 2.45) is 0 Å². The first-order valence-corrected chi connectivity index (χ1v) is 4.76. The van der Waals surface area contributed by atoms with Crippen molar-refractivity contribution in [3.8, 4) is 5.75 Å². The third kappa shape index (κ3) is 3.99. The fourth-order valence-electron chi connectivity index (χ4n) is 1.24. The third-order valence-electron chi connectivity index (χ3n) is 1.98. The van der Waals surface area contributed by atoms with Gasteiger partial charge in [0, 0.05) is 13.7 Å². The lowest BCUT2D eigenvalue weighted by atomic mass is 10.1. The highest BCUT2D eigenvalue weighted by Crippen LogP contribution is 2.15. The Morgan fingerprint density at radius 1 is 1.47 bits per heavy atom. The Kier molecular flexibility index (Phi) is 4.63. The molecule has 0 bridgehead atoms. The molecular formula is C11H15NO3. The zero-order valence-electron chi connectivity index (χ0n) is 8.69. The Balaban J connectivity index is 2.32. The number of methoxy groups -OCH3 is 1. The number of hydrogen-bond acceptors (Lipinski definition) is 3. The van der Waals surface area contributed by atoms with Crippen LogP contribution in [0.3, 0.4) is 0 Å². The maximum Gasteiger partial charge on any atom is 0.245 e. The average molecular weight is 209 g/mol. The number of phenolic OH excluding ortho intramolecular Hbond substituents is 1. The molecule has 82 valence electrons. The van der Waals surface area contributed by atoms with Crippen LogP contribution in [0.5, 0.6) is 5.75 Å². The lowest BCUT2D eigenvalue weighted by Crippen LogP contribution is -2.28. The summed E-state index contributed by atoms with van der Waals surface area (Å²) in [5.74, 6) is 0.117. The molecule has 0 fully saturated rings.